The molecule has 8 nitrogen and oxygen atoms in total. The fourth-order valence-electron chi connectivity index (χ4n) is 3.13. The summed E-state index contributed by atoms with van der Waals surface area (Å²) in [7, 11) is 0. The quantitative estimate of drug-likeness (QED) is 0.613. The predicted molar refractivity (Wildman–Crippen MR) is 106 cm³/mol. The van der Waals surface area contributed by atoms with E-state index in [2.05, 4.69) is 5.32 Å². The van der Waals surface area contributed by atoms with Gasteiger partial charge in [0, 0.05) is 16.6 Å². The van der Waals surface area contributed by atoms with Crippen molar-refractivity contribution in [1.29, 1.82) is 0 Å². The third kappa shape index (κ3) is 6.84. The Morgan fingerprint density at radius 2 is 1.87 bits per heavy atom. The van der Waals surface area contributed by atoms with E-state index in [4.69, 9.17) is 33.0 Å². The molecule has 1 heterocycles. The number of carbonyl (C=O) groups is 4. The molecular weight excluding hydrogens is 442 g/mol. The molecule has 0 bridgehead atoms. The van der Waals surface area contributed by atoms with Crippen LogP contribution in [-0.4, -0.2) is 59.1 Å². The topological polar surface area (TPSA) is 113 Å². The average Bonchev–Trinajstić information content (AvgIpc) is 2.69. The van der Waals surface area contributed by atoms with Gasteiger partial charge < -0.3 is 15.2 Å². The van der Waals surface area contributed by atoms with Crippen LogP contribution in [0.4, 0.5) is 9.18 Å². The Bertz CT molecular complexity index is 802. The van der Waals surface area contributed by atoms with E-state index < -0.39 is 48.9 Å². The van der Waals surface area contributed by atoms with E-state index in [-0.39, 0.29) is 13.2 Å². The SMILES string of the molecule is O=C(O)CC(NC(=O)C1CCCCN1C(=O)OCc1cc(Cl)cc(Cl)c1)C(=O)CF. The zero-order valence-electron chi connectivity index (χ0n) is 15.9. The molecule has 30 heavy (non-hydrogen) atoms. The normalized spacial score (nSPS) is 17.2. The maximum atomic E-state index is 12.7. The van der Waals surface area contributed by atoms with Crippen LogP contribution in [0.15, 0.2) is 18.2 Å². The molecule has 2 atom stereocenters. The fourth-order valence-corrected chi connectivity index (χ4v) is 3.70. The highest BCUT2D eigenvalue weighted by Gasteiger charge is 2.35. The molecule has 11 heteroatoms. The monoisotopic (exact) mass is 462 g/mol. The number of Topliss-reactive ketones (excluding diaryl/α,β-unsaturated/α-hetero) is 1. The predicted octanol–water partition coefficient (Wildman–Crippen LogP) is 2.98. The molecule has 0 aliphatic carbocycles. The maximum absolute atomic E-state index is 12.7. The number of piperidine rings is 1. The summed E-state index contributed by atoms with van der Waals surface area (Å²) < 4.78 is 18.0. The van der Waals surface area contributed by atoms with E-state index >= 15 is 0 Å². The van der Waals surface area contributed by atoms with Crippen molar-refractivity contribution in [3.63, 3.8) is 0 Å². The Kier molecular flexibility index (Phi) is 8.86. The lowest BCUT2D eigenvalue weighted by Gasteiger charge is -2.34. The van der Waals surface area contributed by atoms with Gasteiger partial charge >= 0.3 is 12.1 Å². The molecule has 164 valence electrons. The number of carbonyl (C=O) groups excluding carboxylic acids is 3. The minimum atomic E-state index is -1.51. The van der Waals surface area contributed by atoms with Crippen molar-refractivity contribution in [2.24, 2.45) is 0 Å². The fraction of sp³-hybridized carbons (Fsp3) is 0.474. The number of halogens is 3. The lowest BCUT2D eigenvalue weighted by molar-refractivity contribution is -0.140. The molecule has 2 N–H and O–H groups in total. The molecule has 1 saturated heterocycles. The highest BCUT2D eigenvalue weighted by atomic mass is 35.5. The van der Waals surface area contributed by atoms with Crippen LogP contribution < -0.4 is 5.32 Å². The molecule has 0 aromatic heterocycles. The van der Waals surface area contributed by atoms with E-state index in [1.165, 1.54) is 11.0 Å². The second kappa shape index (κ2) is 11.1. The van der Waals surface area contributed by atoms with Crippen molar-refractivity contribution >= 4 is 47.0 Å². The summed E-state index contributed by atoms with van der Waals surface area (Å²) >= 11 is 11.8. The van der Waals surface area contributed by atoms with Crippen LogP contribution in [0.25, 0.3) is 0 Å². The van der Waals surface area contributed by atoms with Crippen molar-refractivity contribution in [3.05, 3.63) is 33.8 Å². The van der Waals surface area contributed by atoms with Crippen molar-refractivity contribution in [1.82, 2.24) is 10.2 Å². The average molecular weight is 463 g/mol. The number of carboxylic acids is 1. The Morgan fingerprint density at radius 3 is 2.47 bits per heavy atom. The molecule has 2 unspecified atom stereocenters. The molecule has 1 fully saturated rings. The van der Waals surface area contributed by atoms with Crippen LogP contribution in [0.3, 0.4) is 0 Å². The van der Waals surface area contributed by atoms with Gasteiger partial charge in [-0.2, -0.15) is 0 Å². The Morgan fingerprint density at radius 1 is 1.20 bits per heavy atom. The van der Waals surface area contributed by atoms with Gasteiger partial charge in [0.15, 0.2) is 5.78 Å². The molecule has 0 spiro atoms. The summed E-state index contributed by atoms with van der Waals surface area (Å²) in [6.45, 7) is -1.28. The summed E-state index contributed by atoms with van der Waals surface area (Å²) in [5.74, 6) is -3.14. The first kappa shape index (κ1) is 23.9. The number of alkyl halides is 1. The summed E-state index contributed by atoms with van der Waals surface area (Å²) in [4.78, 5) is 48.9. The number of rotatable bonds is 8. The van der Waals surface area contributed by atoms with E-state index in [0.717, 1.165) is 0 Å². The summed E-state index contributed by atoms with van der Waals surface area (Å²) in [6.07, 6.45) is 0.0860. The number of hydrogen-bond donors (Lipinski definition) is 2. The minimum absolute atomic E-state index is 0.119. The zero-order valence-corrected chi connectivity index (χ0v) is 17.4. The van der Waals surface area contributed by atoms with E-state index in [0.29, 0.717) is 34.9 Å². The smallest absolute Gasteiger partial charge is 0.410 e. The van der Waals surface area contributed by atoms with Crippen LogP contribution >= 0.6 is 23.2 Å². The van der Waals surface area contributed by atoms with E-state index in [9.17, 15) is 23.6 Å². The molecule has 1 aliphatic rings. The number of nitrogens with zero attached hydrogens (tertiary/aromatic N) is 1. The van der Waals surface area contributed by atoms with Gasteiger partial charge in [0.05, 0.1) is 6.42 Å². The van der Waals surface area contributed by atoms with Gasteiger partial charge in [-0.05, 0) is 43.0 Å². The number of likely N-dealkylation sites (tertiary alicyclic amines) is 1. The Hall–Kier alpha value is -2.39. The lowest BCUT2D eigenvalue weighted by Crippen LogP contribution is -2.55. The second-order valence-corrected chi connectivity index (χ2v) is 7.67. The Labute approximate surface area is 182 Å². The summed E-state index contributed by atoms with van der Waals surface area (Å²) in [5.41, 5.74) is 0.564. The molecule has 1 aromatic rings. The van der Waals surface area contributed by atoms with Gasteiger partial charge in [0.2, 0.25) is 5.91 Å². The van der Waals surface area contributed by atoms with Gasteiger partial charge in [-0.25, -0.2) is 9.18 Å². The van der Waals surface area contributed by atoms with Crippen molar-refractivity contribution in [2.75, 3.05) is 13.2 Å². The van der Waals surface area contributed by atoms with Crippen molar-refractivity contribution in [3.8, 4) is 0 Å². The van der Waals surface area contributed by atoms with Crippen LogP contribution in [0.2, 0.25) is 10.0 Å². The minimum Gasteiger partial charge on any atom is -0.481 e. The standard InChI is InChI=1S/C19H21Cl2FN2O6/c20-12-5-11(6-13(21)7-12)10-30-19(29)24-4-2-1-3-15(24)18(28)23-14(8-17(26)27)16(25)9-22/h5-7,14-15H,1-4,8-10H2,(H,23,28)(H,26,27). The van der Waals surface area contributed by atoms with E-state index in [1.54, 1.807) is 12.1 Å². The van der Waals surface area contributed by atoms with Gasteiger partial charge in [0.25, 0.3) is 0 Å². The number of aliphatic carboxylic acids is 1. The maximum Gasteiger partial charge on any atom is 0.410 e. The summed E-state index contributed by atoms with van der Waals surface area (Å²) in [6, 6.07) is 2.23. The number of ether oxygens (including phenoxy) is 1. The van der Waals surface area contributed by atoms with Gasteiger partial charge in [-0.1, -0.05) is 23.2 Å². The van der Waals surface area contributed by atoms with Crippen LogP contribution in [0, 0.1) is 0 Å². The zero-order chi connectivity index (χ0) is 22.3. The van der Waals surface area contributed by atoms with Crippen molar-refractivity contribution in [2.45, 2.75) is 44.4 Å². The highest BCUT2D eigenvalue weighted by molar-refractivity contribution is 6.34. The van der Waals surface area contributed by atoms with Crippen molar-refractivity contribution < 1.29 is 33.4 Å². The van der Waals surface area contributed by atoms with Gasteiger partial charge in [-0.3, -0.25) is 19.3 Å². The van der Waals surface area contributed by atoms with Gasteiger partial charge in [0.1, 0.15) is 25.4 Å². The van der Waals surface area contributed by atoms with Crippen LogP contribution in [0.5, 0.6) is 0 Å². The molecule has 0 saturated carbocycles. The van der Waals surface area contributed by atoms with Gasteiger partial charge in [-0.15, -0.1) is 0 Å². The first-order chi connectivity index (χ1) is 14.2. The third-order valence-electron chi connectivity index (χ3n) is 4.54. The van der Waals surface area contributed by atoms with Crippen LogP contribution in [-0.2, 0) is 25.7 Å². The highest BCUT2D eigenvalue weighted by Crippen LogP contribution is 2.22. The number of hydrogen-bond acceptors (Lipinski definition) is 5. The Balaban J connectivity index is 2.04. The number of benzene rings is 1. The molecule has 2 amide bonds. The molecule has 1 aliphatic heterocycles. The largest absolute Gasteiger partial charge is 0.481 e. The van der Waals surface area contributed by atoms with E-state index in [1.807, 2.05) is 0 Å². The second-order valence-electron chi connectivity index (χ2n) is 6.80. The first-order valence-electron chi connectivity index (χ1n) is 9.20. The first-order valence-corrected chi connectivity index (χ1v) is 9.96. The molecule has 2 rings (SSSR count). The summed E-state index contributed by atoms with van der Waals surface area (Å²) in [5, 5.41) is 11.9. The number of amides is 2. The number of ketones is 1. The lowest BCUT2D eigenvalue weighted by atomic mass is 10.0. The number of nitrogens with one attached hydrogen (secondary N) is 1. The third-order valence-corrected chi connectivity index (χ3v) is 4.98. The molecule has 1 aromatic carbocycles. The van der Waals surface area contributed by atoms with Crippen LogP contribution in [0.1, 0.15) is 31.2 Å². The molecular formula is C19H21Cl2FN2O6. The molecule has 0 radical (unpaired) electrons. The number of carboxylic acid groups (broad SMARTS) is 1.